The van der Waals surface area contributed by atoms with Crippen molar-refractivity contribution in [2.75, 3.05) is 6.61 Å². The standard InChI is InChI=1S/C11H14O2S/c1-3-9(8-13-11(12)4-2)10-6-5-7-14-10/h4-7,9H,2-3,8H2,1H3. The third-order valence-corrected chi connectivity index (χ3v) is 3.07. The summed E-state index contributed by atoms with van der Waals surface area (Å²) in [5.41, 5.74) is 0. The van der Waals surface area contributed by atoms with E-state index in [1.807, 2.05) is 11.4 Å². The van der Waals surface area contributed by atoms with E-state index < -0.39 is 0 Å². The minimum absolute atomic E-state index is 0.318. The molecule has 1 atom stereocenters. The number of hydrogen-bond donors (Lipinski definition) is 0. The molecule has 0 bridgehead atoms. The highest BCUT2D eigenvalue weighted by Crippen LogP contribution is 2.24. The second kappa shape index (κ2) is 5.60. The van der Waals surface area contributed by atoms with Crippen LogP contribution in [0.1, 0.15) is 24.1 Å². The van der Waals surface area contributed by atoms with Crippen LogP contribution < -0.4 is 0 Å². The lowest BCUT2D eigenvalue weighted by Crippen LogP contribution is -2.09. The van der Waals surface area contributed by atoms with Gasteiger partial charge in [0, 0.05) is 16.9 Å². The average Bonchev–Trinajstić information content (AvgIpc) is 2.72. The molecule has 0 saturated carbocycles. The molecule has 0 aliphatic carbocycles. The van der Waals surface area contributed by atoms with E-state index in [4.69, 9.17) is 4.74 Å². The van der Waals surface area contributed by atoms with Crippen LogP contribution in [0.25, 0.3) is 0 Å². The molecule has 0 fully saturated rings. The van der Waals surface area contributed by atoms with Gasteiger partial charge < -0.3 is 4.74 Å². The summed E-state index contributed by atoms with van der Waals surface area (Å²) in [7, 11) is 0. The van der Waals surface area contributed by atoms with Crippen molar-refractivity contribution in [1.82, 2.24) is 0 Å². The van der Waals surface area contributed by atoms with E-state index in [2.05, 4.69) is 19.6 Å². The molecule has 0 N–H and O–H groups in total. The Balaban J connectivity index is 2.48. The Kier molecular flexibility index (Phi) is 4.40. The van der Waals surface area contributed by atoms with Crippen molar-refractivity contribution < 1.29 is 9.53 Å². The highest BCUT2D eigenvalue weighted by Gasteiger charge is 2.11. The normalized spacial score (nSPS) is 12.1. The first-order chi connectivity index (χ1) is 6.77. The first-order valence-corrected chi connectivity index (χ1v) is 5.48. The van der Waals surface area contributed by atoms with Crippen LogP contribution >= 0.6 is 11.3 Å². The second-order valence-electron chi connectivity index (χ2n) is 2.95. The van der Waals surface area contributed by atoms with Crippen LogP contribution in [0, 0.1) is 0 Å². The zero-order chi connectivity index (χ0) is 10.4. The summed E-state index contributed by atoms with van der Waals surface area (Å²) in [6, 6.07) is 4.08. The van der Waals surface area contributed by atoms with Gasteiger partial charge in [-0.2, -0.15) is 0 Å². The largest absolute Gasteiger partial charge is 0.462 e. The maximum absolute atomic E-state index is 10.9. The van der Waals surface area contributed by atoms with E-state index in [0.29, 0.717) is 12.5 Å². The highest BCUT2D eigenvalue weighted by molar-refractivity contribution is 7.10. The SMILES string of the molecule is C=CC(=O)OCC(CC)c1cccs1. The summed E-state index contributed by atoms with van der Waals surface area (Å²) in [6.07, 6.45) is 2.17. The predicted octanol–water partition coefficient (Wildman–Crippen LogP) is 2.97. The van der Waals surface area contributed by atoms with Crippen molar-refractivity contribution >= 4 is 17.3 Å². The molecule has 1 rings (SSSR count). The van der Waals surface area contributed by atoms with Crippen LogP contribution in [-0.2, 0) is 9.53 Å². The number of esters is 1. The Morgan fingerprint density at radius 1 is 1.79 bits per heavy atom. The third-order valence-electron chi connectivity index (χ3n) is 2.03. The quantitative estimate of drug-likeness (QED) is 0.551. The van der Waals surface area contributed by atoms with Crippen molar-refractivity contribution in [1.29, 1.82) is 0 Å². The Morgan fingerprint density at radius 3 is 3.07 bits per heavy atom. The minimum atomic E-state index is -0.347. The maximum Gasteiger partial charge on any atom is 0.330 e. The van der Waals surface area contributed by atoms with Gasteiger partial charge >= 0.3 is 5.97 Å². The van der Waals surface area contributed by atoms with E-state index in [1.165, 1.54) is 11.0 Å². The topological polar surface area (TPSA) is 26.3 Å². The Bertz CT molecular complexity index is 290. The van der Waals surface area contributed by atoms with Crippen molar-refractivity contribution in [2.45, 2.75) is 19.3 Å². The van der Waals surface area contributed by atoms with Gasteiger partial charge in [-0.15, -0.1) is 11.3 Å². The molecule has 14 heavy (non-hydrogen) atoms. The molecule has 0 amide bonds. The monoisotopic (exact) mass is 210 g/mol. The number of hydrogen-bond acceptors (Lipinski definition) is 3. The van der Waals surface area contributed by atoms with Gasteiger partial charge in [0.2, 0.25) is 0 Å². The fourth-order valence-electron chi connectivity index (χ4n) is 1.17. The Hall–Kier alpha value is -1.09. The molecule has 2 nitrogen and oxygen atoms in total. The molecule has 0 saturated heterocycles. The lowest BCUT2D eigenvalue weighted by Gasteiger charge is -2.12. The lowest BCUT2D eigenvalue weighted by molar-refractivity contribution is -0.138. The molecular weight excluding hydrogens is 196 g/mol. The number of rotatable bonds is 5. The summed E-state index contributed by atoms with van der Waals surface area (Å²) in [6.45, 7) is 5.89. The van der Waals surface area contributed by atoms with Crippen molar-refractivity contribution in [3.05, 3.63) is 35.0 Å². The van der Waals surface area contributed by atoms with Gasteiger partial charge in [0.05, 0.1) is 6.61 Å². The van der Waals surface area contributed by atoms with Crippen LogP contribution in [0.15, 0.2) is 30.2 Å². The van der Waals surface area contributed by atoms with Gasteiger partial charge in [-0.25, -0.2) is 4.79 Å². The van der Waals surface area contributed by atoms with Gasteiger partial charge in [0.15, 0.2) is 0 Å². The molecule has 1 aromatic heterocycles. The summed E-state index contributed by atoms with van der Waals surface area (Å²) in [4.78, 5) is 12.1. The molecular formula is C11H14O2S. The number of carbonyl (C=O) groups excluding carboxylic acids is 1. The summed E-state index contributed by atoms with van der Waals surface area (Å²) in [5, 5.41) is 2.04. The zero-order valence-corrected chi connectivity index (χ0v) is 9.05. The molecule has 76 valence electrons. The van der Waals surface area contributed by atoms with E-state index >= 15 is 0 Å². The van der Waals surface area contributed by atoms with Gasteiger partial charge in [0.25, 0.3) is 0 Å². The van der Waals surface area contributed by atoms with E-state index in [1.54, 1.807) is 11.3 Å². The molecule has 0 aliphatic rings. The van der Waals surface area contributed by atoms with Gasteiger partial charge in [-0.3, -0.25) is 0 Å². The van der Waals surface area contributed by atoms with Crippen LogP contribution in [0.2, 0.25) is 0 Å². The average molecular weight is 210 g/mol. The fourth-order valence-corrected chi connectivity index (χ4v) is 2.06. The second-order valence-corrected chi connectivity index (χ2v) is 3.93. The van der Waals surface area contributed by atoms with Crippen LogP contribution in [0.4, 0.5) is 0 Å². The van der Waals surface area contributed by atoms with Gasteiger partial charge in [0.1, 0.15) is 0 Å². The fraction of sp³-hybridized carbons (Fsp3) is 0.364. The molecule has 0 spiro atoms. The zero-order valence-electron chi connectivity index (χ0n) is 8.23. The van der Waals surface area contributed by atoms with Crippen molar-refractivity contribution in [2.24, 2.45) is 0 Å². The molecule has 1 unspecified atom stereocenters. The van der Waals surface area contributed by atoms with Crippen LogP contribution in [-0.4, -0.2) is 12.6 Å². The predicted molar refractivity (Wildman–Crippen MR) is 58.5 cm³/mol. The third kappa shape index (κ3) is 3.00. The summed E-state index contributed by atoms with van der Waals surface area (Å²) in [5.74, 6) is -0.0288. The van der Waals surface area contributed by atoms with E-state index in [9.17, 15) is 4.79 Å². The molecule has 1 aromatic rings. The highest BCUT2D eigenvalue weighted by atomic mass is 32.1. The van der Waals surface area contributed by atoms with Gasteiger partial charge in [-0.1, -0.05) is 19.6 Å². The molecule has 1 heterocycles. The van der Waals surface area contributed by atoms with Gasteiger partial charge in [-0.05, 0) is 17.9 Å². The summed E-state index contributed by atoms with van der Waals surface area (Å²) < 4.78 is 5.02. The van der Waals surface area contributed by atoms with E-state index in [0.717, 1.165) is 6.42 Å². The molecule has 0 radical (unpaired) electrons. The summed E-state index contributed by atoms with van der Waals surface area (Å²) >= 11 is 1.70. The smallest absolute Gasteiger partial charge is 0.330 e. The Labute approximate surface area is 88.2 Å². The first-order valence-electron chi connectivity index (χ1n) is 4.60. The van der Waals surface area contributed by atoms with Crippen molar-refractivity contribution in [3.63, 3.8) is 0 Å². The first kappa shape index (κ1) is 11.0. The van der Waals surface area contributed by atoms with Crippen LogP contribution in [0.5, 0.6) is 0 Å². The number of thiophene rings is 1. The number of carbonyl (C=O) groups is 1. The maximum atomic E-state index is 10.9. The van der Waals surface area contributed by atoms with Crippen LogP contribution in [0.3, 0.4) is 0 Å². The van der Waals surface area contributed by atoms with Crippen molar-refractivity contribution in [3.8, 4) is 0 Å². The molecule has 3 heteroatoms. The molecule has 0 aromatic carbocycles. The lowest BCUT2D eigenvalue weighted by atomic mass is 10.1. The Morgan fingerprint density at radius 2 is 2.57 bits per heavy atom. The molecule has 0 aliphatic heterocycles. The number of ether oxygens (including phenoxy) is 1. The minimum Gasteiger partial charge on any atom is -0.462 e. The van der Waals surface area contributed by atoms with E-state index in [-0.39, 0.29) is 5.97 Å².